The number of hydrogen-bond acceptors (Lipinski definition) is 4. The summed E-state index contributed by atoms with van der Waals surface area (Å²) >= 11 is 19.8. The fourth-order valence-electron chi connectivity index (χ4n) is 4.11. The molecule has 0 spiro atoms. The van der Waals surface area contributed by atoms with E-state index in [4.69, 9.17) is 39.5 Å². The van der Waals surface area contributed by atoms with Gasteiger partial charge in [-0.2, -0.15) is 0 Å². The van der Waals surface area contributed by atoms with Crippen LogP contribution >= 0.6 is 46.6 Å². The molecule has 5 nitrogen and oxygen atoms in total. The highest BCUT2D eigenvalue weighted by Crippen LogP contribution is 2.35. The first-order chi connectivity index (χ1) is 18.3. The minimum absolute atomic E-state index is 0.211. The molecule has 3 aromatic carbocycles. The molecule has 1 fully saturated rings. The van der Waals surface area contributed by atoms with Crippen LogP contribution in [-0.4, -0.2) is 15.6 Å². The molecular weight excluding hydrogens is 561 g/mol. The van der Waals surface area contributed by atoms with Crippen LogP contribution < -0.4 is 10.1 Å². The van der Waals surface area contributed by atoms with E-state index in [9.17, 15) is 4.79 Å². The fraction of sp³-hybridized carbons (Fsp3) is 0.103. The Morgan fingerprint density at radius 1 is 0.974 bits per heavy atom. The van der Waals surface area contributed by atoms with Crippen molar-refractivity contribution in [2.75, 3.05) is 0 Å². The highest BCUT2D eigenvalue weighted by atomic mass is 35.5. The molecule has 1 saturated heterocycles. The minimum Gasteiger partial charge on any atom is -0.489 e. The van der Waals surface area contributed by atoms with Gasteiger partial charge in [0.25, 0.3) is 5.91 Å². The summed E-state index contributed by atoms with van der Waals surface area (Å²) in [7, 11) is 0. The van der Waals surface area contributed by atoms with Crippen LogP contribution in [0.4, 0.5) is 5.69 Å². The molecule has 1 aromatic heterocycles. The van der Waals surface area contributed by atoms with Gasteiger partial charge in [-0.25, -0.2) is 4.99 Å². The van der Waals surface area contributed by atoms with E-state index in [0.29, 0.717) is 37.4 Å². The van der Waals surface area contributed by atoms with E-state index in [-0.39, 0.29) is 5.91 Å². The smallest absolute Gasteiger partial charge is 0.264 e. The van der Waals surface area contributed by atoms with Crippen molar-refractivity contribution in [1.82, 2.24) is 9.88 Å². The molecule has 38 heavy (non-hydrogen) atoms. The van der Waals surface area contributed by atoms with E-state index in [1.165, 1.54) is 11.8 Å². The molecule has 0 aliphatic carbocycles. The van der Waals surface area contributed by atoms with E-state index in [1.54, 1.807) is 18.2 Å². The van der Waals surface area contributed by atoms with E-state index in [2.05, 4.69) is 20.9 Å². The molecular formula is C29H22Cl3N3O2S. The van der Waals surface area contributed by atoms with Gasteiger partial charge in [-0.1, -0.05) is 59.1 Å². The molecule has 0 saturated carbocycles. The van der Waals surface area contributed by atoms with Crippen molar-refractivity contribution in [3.8, 4) is 11.4 Å². The number of amides is 1. The van der Waals surface area contributed by atoms with Crippen molar-refractivity contribution in [3.05, 3.63) is 115 Å². The fourth-order valence-corrected chi connectivity index (χ4v) is 5.46. The largest absolute Gasteiger partial charge is 0.489 e. The lowest BCUT2D eigenvalue weighted by molar-refractivity contribution is -0.115. The van der Waals surface area contributed by atoms with Crippen molar-refractivity contribution in [2.24, 2.45) is 4.99 Å². The van der Waals surface area contributed by atoms with E-state index in [0.717, 1.165) is 34.0 Å². The number of carbonyl (C=O) groups is 1. The van der Waals surface area contributed by atoms with Gasteiger partial charge in [-0.3, -0.25) is 4.79 Å². The van der Waals surface area contributed by atoms with E-state index in [1.807, 2.05) is 68.5 Å². The number of amidine groups is 1. The molecule has 0 radical (unpaired) electrons. The van der Waals surface area contributed by atoms with Gasteiger partial charge in [0.15, 0.2) is 5.17 Å². The molecule has 1 N–H and O–H groups in total. The van der Waals surface area contributed by atoms with Gasteiger partial charge in [0.1, 0.15) is 12.4 Å². The van der Waals surface area contributed by atoms with Crippen molar-refractivity contribution in [1.29, 1.82) is 0 Å². The molecule has 1 aliphatic rings. The Morgan fingerprint density at radius 3 is 2.47 bits per heavy atom. The highest BCUT2D eigenvalue weighted by molar-refractivity contribution is 8.18. The predicted octanol–water partition coefficient (Wildman–Crippen LogP) is 8.52. The molecule has 5 rings (SSSR count). The van der Waals surface area contributed by atoms with Gasteiger partial charge < -0.3 is 14.6 Å². The average molecular weight is 583 g/mol. The molecule has 0 unspecified atom stereocenters. The molecule has 4 aromatic rings. The number of nitrogens with one attached hydrogen (secondary N) is 1. The number of nitrogens with zero attached hydrogens (tertiary/aromatic N) is 2. The quantitative estimate of drug-likeness (QED) is 0.232. The number of benzene rings is 3. The second-order valence-corrected chi connectivity index (χ2v) is 10.8. The summed E-state index contributed by atoms with van der Waals surface area (Å²) in [5, 5.41) is 4.69. The van der Waals surface area contributed by atoms with Gasteiger partial charge in [-0.15, -0.1) is 0 Å². The monoisotopic (exact) mass is 581 g/mol. The van der Waals surface area contributed by atoms with Crippen molar-refractivity contribution >= 4 is 69.4 Å². The Hall–Kier alpha value is -3.16. The number of thioether (sulfide) groups is 1. The average Bonchev–Trinajstić information content (AvgIpc) is 3.39. The van der Waals surface area contributed by atoms with Gasteiger partial charge >= 0.3 is 0 Å². The third-order valence-corrected chi connectivity index (χ3v) is 8.10. The van der Waals surface area contributed by atoms with Gasteiger partial charge in [-0.05, 0) is 85.8 Å². The molecule has 9 heteroatoms. The van der Waals surface area contributed by atoms with Gasteiger partial charge in [0.05, 0.1) is 20.6 Å². The first kappa shape index (κ1) is 26.4. The molecule has 2 heterocycles. The van der Waals surface area contributed by atoms with Crippen molar-refractivity contribution in [2.45, 2.75) is 20.5 Å². The van der Waals surface area contributed by atoms with Crippen molar-refractivity contribution in [3.63, 3.8) is 0 Å². The summed E-state index contributed by atoms with van der Waals surface area (Å²) in [4.78, 5) is 17.7. The normalized spacial score (nSPS) is 15.3. The maximum atomic E-state index is 12.7. The van der Waals surface area contributed by atoms with Crippen LogP contribution in [0.15, 0.2) is 82.7 Å². The summed E-state index contributed by atoms with van der Waals surface area (Å²) in [6.07, 6.45) is 1.88. The van der Waals surface area contributed by atoms with Gasteiger partial charge in [0.2, 0.25) is 0 Å². The van der Waals surface area contributed by atoms with Crippen LogP contribution in [0.5, 0.6) is 5.75 Å². The third-order valence-electron chi connectivity index (χ3n) is 6.01. The van der Waals surface area contributed by atoms with Crippen LogP contribution in [0, 0.1) is 13.8 Å². The summed E-state index contributed by atoms with van der Waals surface area (Å²) in [6, 6.07) is 22.8. The van der Waals surface area contributed by atoms with E-state index < -0.39 is 0 Å². The molecule has 0 bridgehead atoms. The molecule has 0 atom stereocenters. The predicted molar refractivity (Wildman–Crippen MR) is 158 cm³/mol. The number of ether oxygens (including phenoxy) is 1. The standard InChI is InChI=1S/C29H22Cl3N3O2S/c1-17-14-20(15-26-28(36)34-29(38-26)33-25-9-5-8-24(31)27(25)32)18(2)35(17)21-10-12-22(13-11-21)37-16-19-6-3-4-7-23(19)30/h3-15H,16H2,1-2H3,(H,33,34,36)/b26-15+. The Bertz CT molecular complexity index is 1590. The third kappa shape index (κ3) is 5.64. The SMILES string of the molecule is Cc1cc(/C=C2/SC(=Nc3cccc(Cl)c3Cl)NC2=O)c(C)n1-c1ccc(OCc2ccccc2Cl)cc1. The Balaban J connectivity index is 1.34. The number of aromatic nitrogens is 1. The number of carbonyl (C=O) groups excluding carboxylic acids is 1. The van der Waals surface area contributed by atoms with Crippen LogP contribution in [0.3, 0.4) is 0 Å². The molecule has 1 aliphatic heterocycles. The van der Waals surface area contributed by atoms with E-state index >= 15 is 0 Å². The Labute approximate surface area is 240 Å². The first-order valence-electron chi connectivity index (χ1n) is 11.7. The van der Waals surface area contributed by atoms with Crippen molar-refractivity contribution < 1.29 is 9.53 Å². The van der Waals surface area contributed by atoms with Crippen LogP contribution in [0.1, 0.15) is 22.5 Å². The maximum absolute atomic E-state index is 12.7. The summed E-state index contributed by atoms with van der Waals surface area (Å²) in [5.41, 5.74) is 5.43. The van der Waals surface area contributed by atoms with Crippen LogP contribution in [0.25, 0.3) is 11.8 Å². The second-order valence-electron chi connectivity index (χ2n) is 8.59. The summed E-state index contributed by atoms with van der Waals surface area (Å²) in [5.74, 6) is 0.542. The van der Waals surface area contributed by atoms with Crippen LogP contribution in [0.2, 0.25) is 15.1 Å². The number of halogens is 3. The summed E-state index contributed by atoms with van der Waals surface area (Å²) in [6.45, 7) is 4.46. The second kappa shape index (κ2) is 11.3. The zero-order chi connectivity index (χ0) is 26.8. The number of rotatable bonds is 6. The maximum Gasteiger partial charge on any atom is 0.264 e. The highest BCUT2D eigenvalue weighted by Gasteiger charge is 2.25. The topological polar surface area (TPSA) is 55.6 Å². The lowest BCUT2D eigenvalue weighted by Crippen LogP contribution is -2.19. The number of aliphatic imine (C=N–C) groups is 1. The Morgan fingerprint density at radius 2 is 1.71 bits per heavy atom. The Kier molecular flexibility index (Phi) is 7.86. The summed E-state index contributed by atoms with van der Waals surface area (Å²) < 4.78 is 8.06. The zero-order valence-electron chi connectivity index (χ0n) is 20.5. The first-order valence-corrected chi connectivity index (χ1v) is 13.6. The zero-order valence-corrected chi connectivity index (χ0v) is 23.6. The minimum atomic E-state index is -0.211. The molecule has 1 amide bonds. The molecule has 192 valence electrons. The lowest BCUT2D eigenvalue weighted by atomic mass is 10.2. The van der Waals surface area contributed by atoms with Gasteiger partial charge in [0, 0.05) is 27.7 Å². The number of hydrogen-bond donors (Lipinski definition) is 1. The number of aryl methyl sites for hydroxylation is 1. The van der Waals surface area contributed by atoms with Crippen LogP contribution in [-0.2, 0) is 11.4 Å². The lowest BCUT2D eigenvalue weighted by Gasteiger charge is -2.12.